The van der Waals surface area contributed by atoms with Crippen molar-refractivity contribution in [3.8, 4) is 5.75 Å². The minimum absolute atomic E-state index is 0.295. The summed E-state index contributed by atoms with van der Waals surface area (Å²) in [6.07, 6.45) is 0.295. The van der Waals surface area contributed by atoms with E-state index >= 15 is 0 Å². The Labute approximate surface area is 76.1 Å². The molecule has 0 amide bonds. The van der Waals surface area contributed by atoms with Gasteiger partial charge in [0.15, 0.2) is 0 Å². The summed E-state index contributed by atoms with van der Waals surface area (Å²) in [4.78, 5) is 0. The van der Waals surface area contributed by atoms with Gasteiger partial charge in [-0.15, -0.1) is 0 Å². The molecule has 1 aliphatic heterocycles. The predicted octanol–water partition coefficient (Wildman–Crippen LogP) is 2.12. The van der Waals surface area contributed by atoms with Crippen molar-refractivity contribution < 1.29 is 9.47 Å². The van der Waals surface area contributed by atoms with Crippen molar-refractivity contribution in [1.82, 2.24) is 0 Å². The highest BCUT2D eigenvalue weighted by atomic mass is 35.5. The second-order valence-corrected chi connectivity index (χ2v) is 3.16. The number of ether oxygens (including phenoxy) is 2. The molecule has 1 fully saturated rings. The van der Waals surface area contributed by atoms with Crippen LogP contribution in [0, 0.1) is 0 Å². The van der Waals surface area contributed by atoms with Crippen molar-refractivity contribution in [1.29, 1.82) is 0 Å². The minimum atomic E-state index is 0.295. The van der Waals surface area contributed by atoms with Crippen molar-refractivity contribution >= 4 is 11.6 Å². The number of hydrogen-bond donors (Lipinski definition) is 0. The molecule has 1 aromatic carbocycles. The van der Waals surface area contributed by atoms with Crippen LogP contribution >= 0.6 is 11.6 Å². The molecule has 0 bridgehead atoms. The summed E-state index contributed by atoms with van der Waals surface area (Å²) >= 11 is 5.76. The second kappa shape index (κ2) is 3.33. The molecule has 0 aromatic heterocycles. The Hall–Kier alpha value is -0.730. The molecular formula is C9H9ClO2. The third-order valence-electron chi connectivity index (χ3n) is 1.63. The van der Waals surface area contributed by atoms with E-state index in [-0.39, 0.29) is 0 Å². The first-order valence-corrected chi connectivity index (χ1v) is 4.22. The third kappa shape index (κ3) is 2.13. The van der Waals surface area contributed by atoms with Crippen molar-refractivity contribution in [3.05, 3.63) is 29.3 Å². The smallest absolute Gasteiger partial charge is 0.120 e. The van der Waals surface area contributed by atoms with E-state index in [0.29, 0.717) is 17.7 Å². The monoisotopic (exact) mass is 184 g/mol. The fourth-order valence-corrected chi connectivity index (χ4v) is 1.09. The molecule has 1 saturated heterocycles. The van der Waals surface area contributed by atoms with Crippen molar-refractivity contribution in [3.63, 3.8) is 0 Å². The van der Waals surface area contributed by atoms with Crippen LogP contribution in [0.1, 0.15) is 0 Å². The molecule has 2 rings (SSSR count). The molecule has 1 atom stereocenters. The lowest BCUT2D eigenvalue weighted by atomic mass is 10.3. The molecule has 0 unspecified atom stereocenters. The maximum atomic E-state index is 5.76. The predicted molar refractivity (Wildman–Crippen MR) is 46.7 cm³/mol. The molecule has 64 valence electrons. The van der Waals surface area contributed by atoms with E-state index in [0.717, 1.165) is 12.4 Å². The van der Waals surface area contributed by atoms with Crippen LogP contribution in [-0.2, 0) is 4.74 Å². The molecule has 0 N–H and O–H groups in total. The molecule has 3 heteroatoms. The van der Waals surface area contributed by atoms with Gasteiger partial charge >= 0.3 is 0 Å². The van der Waals surface area contributed by atoms with E-state index in [4.69, 9.17) is 21.1 Å². The Balaban J connectivity index is 1.92. The van der Waals surface area contributed by atoms with Crippen LogP contribution in [0.15, 0.2) is 24.3 Å². The fourth-order valence-electron chi connectivity index (χ4n) is 0.910. The Kier molecular flexibility index (Phi) is 2.19. The summed E-state index contributed by atoms with van der Waals surface area (Å²) in [6, 6.07) is 7.37. The van der Waals surface area contributed by atoms with E-state index < -0.39 is 0 Å². The Morgan fingerprint density at radius 1 is 1.58 bits per heavy atom. The zero-order valence-corrected chi connectivity index (χ0v) is 7.25. The number of benzene rings is 1. The molecule has 1 aromatic rings. The standard InChI is InChI=1S/C9H9ClO2/c10-7-2-1-3-8(4-7)11-5-9-6-12-9/h1-4,9H,5-6H2/t9-/m0/s1. The second-order valence-electron chi connectivity index (χ2n) is 2.72. The summed E-state index contributed by atoms with van der Waals surface area (Å²) in [5.41, 5.74) is 0. The molecule has 12 heavy (non-hydrogen) atoms. The van der Waals surface area contributed by atoms with Crippen LogP contribution in [-0.4, -0.2) is 19.3 Å². The van der Waals surface area contributed by atoms with Crippen LogP contribution in [0.25, 0.3) is 0 Å². The maximum Gasteiger partial charge on any atom is 0.120 e. The van der Waals surface area contributed by atoms with Gasteiger partial charge in [-0.2, -0.15) is 0 Å². The van der Waals surface area contributed by atoms with E-state index in [2.05, 4.69) is 0 Å². The molecular weight excluding hydrogens is 176 g/mol. The van der Waals surface area contributed by atoms with Crippen LogP contribution in [0.5, 0.6) is 5.75 Å². The van der Waals surface area contributed by atoms with Gasteiger partial charge in [0.25, 0.3) is 0 Å². The largest absolute Gasteiger partial charge is 0.491 e. The van der Waals surface area contributed by atoms with Gasteiger partial charge < -0.3 is 9.47 Å². The first-order chi connectivity index (χ1) is 5.84. The van der Waals surface area contributed by atoms with Crippen molar-refractivity contribution in [2.24, 2.45) is 0 Å². The average Bonchev–Trinajstić information content (AvgIpc) is 2.84. The Morgan fingerprint density at radius 2 is 2.42 bits per heavy atom. The van der Waals surface area contributed by atoms with Crippen LogP contribution in [0.3, 0.4) is 0 Å². The lowest BCUT2D eigenvalue weighted by Gasteiger charge is -2.03. The zero-order chi connectivity index (χ0) is 8.39. The number of rotatable bonds is 3. The number of halogens is 1. The minimum Gasteiger partial charge on any atom is -0.491 e. The van der Waals surface area contributed by atoms with E-state index in [1.807, 2.05) is 18.2 Å². The normalized spacial score (nSPS) is 20.6. The summed E-state index contributed by atoms with van der Waals surface area (Å²) in [5, 5.41) is 0.698. The van der Waals surface area contributed by atoms with Gasteiger partial charge in [0.1, 0.15) is 18.5 Å². The van der Waals surface area contributed by atoms with Gasteiger partial charge in [-0.1, -0.05) is 17.7 Å². The Morgan fingerprint density at radius 3 is 3.08 bits per heavy atom. The number of epoxide rings is 1. The molecule has 0 spiro atoms. The zero-order valence-electron chi connectivity index (χ0n) is 6.50. The van der Waals surface area contributed by atoms with Gasteiger partial charge in [-0.3, -0.25) is 0 Å². The molecule has 0 aliphatic carbocycles. The van der Waals surface area contributed by atoms with Gasteiger partial charge in [-0.05, 0) is 18.2 Å². The van der Waals surface area contributed by atoms with Gasteiger partial charge in [0.2, 0.25) is 0 Å². The third-order valence-corrected chi connectivity index (χ3v) is 1.87. The maximum absolute atomic E-state index is 5.76. The molecule has 2 nitrogen and oxygen atoms in total. The molecule has 1 heterocycles. The first-order valence-electron chi connectivity index (χ1n) is 3.84. The van der Waals surface area contributed by atoms with E-state index in [1.54, 1.807) is 6.07 Å². The number of hydrogen-bond acceptors (Lipinski definition) is 2. The summed E-state index contributed by atoms with van der Waals surface area (Å²) in [5.74, 6) is 0.804. The summed E-state index contributed by atoms with van der Waals surface area (Å²) in [7, 11) is 0. The van der Waals surface area contributed by atoms with Gasteiger partial charge in [0.05, 0.1) is 6.61 Å². The SMILES string of the molecule is Clc1cccc(OC[C@H]2CO2)c1. The summed E-state index contributed by atoms with van der Waals surface area (Å²) in [6.45, 7) is 1.45. The van der Waals surface area contributed by atoms with Crippen molar-refractivity contribution in [2.45, 2.75) is 6.10 Å². The van der Waals surface area contributed by atoms with Crippen LogP contribution in [0.4, 0.5) is 0 Å². The van der Waals surface area contributed by atoms with Crippen LogP contribution < -0.4 is 4.74 Å². The van der Waals surface area contributed by atoms with Gasteiger partial charge in [-0.25, -0.2) is 0 Å². The topological polar surface area (TPSA) is 21.8 Å². The summed E-state index contributed by atoms with van der Waals surface area (Å²) < 4.78 is 10.4. The van der Waals surface area contributed by atoms with Crippen LogP contribution in [0.2, 0.25) is 5.02 Å². The fraction of sp³-hybridized carbons (Fsp3) is 0.333. The lowest BCUT2D eigenvalue weighted by molar-refractivity contribution is 0.263. The van der Waals surface area contributed by atoms with Gasteiger partial charge in [0, 0.05) is 5.02 Å². The molecule has 0 radical (unpaired) electrons. The highest BCUT2D eigenvalue weighted by Gasteiger charge is 2.22. The molecule has 1 aliphatic rings. The Bertz CT molecular complexity index is 271. The van der Waals surface area contributed by atoms with E-state index in [9.17, 15) is 0 Å². The van der Waals surface area contributed by atoms with E-state index in [1.165, 1.54) is 0 Å². The quantitative estimate of drug-likeness (QED) is 0.672. The molecule has 0 saturated carbocycles. The lowest BCUT2D eigenvalue weighted by Crippen LogP contribution is -2.03. The first kappa shape index (κ1) is 7.90. The average molecular weight is 185 g/mol. The van der Waals surface area contributed by atoms with Crippen molar-refractivity contribution in [2.75, 3.05) is 13.2 Å². The highest BCUT2D eigenvalue weighted by molar-refractivity contribution is 6.30. The highest BCUT2D eigenvalue weighted by Crippen LogP contribution is 2.18.